The molecule has 0 bridgehead atoms. The Morgan fingerprint density at radius 1 is 1.30 bits per heavy atom. The van der Waals surface area contributed by atoms with E-state index in [0.29, 0.717) is 31.9 Å². The first-order valence-electron chi connectivity index (χ1n) is 10.6. The molecule has 1 N–H and O–H groups in total. The number of carbonyl (C=O) groups is 1. The highest BCUT2D eigenvalue weighted by Gasteiger charge is 2.27. The Hall–Kier alpha value is -3.61. The minimum atomic E-state index is -0.635. The number of nitriles is 1. The van der Waals surface area contributed by atoms with E-state index in [0.717, 1.165) is 6.07 Å². The Bertz CT molecular complexity index is 1140. The van der Waals surface area contributed by atoms with E-state index in [1.807, 2.05) is 11.0 Å². The highest BCUT2D eigenvalue weighted by atomic mass is 19.1. The SMILES string of the molecule is COc1ccc(-c2c(C#N)nc(N3CCC(NC(=O)OC(C)(C)C)CC3)n(C)c2=O)cc1F. The number of anilines is 1. The maximum absolute atomic E-state index is 14.2. The Morgan fingerprint density at radius 2 is 1.97 bits per heavy atom. The van der Waals surface area contributed by atoms with Crippen LogP contribution in [0.1, 0.15) is 39.3 Å². The van der Waals surface area contributed by atoms with Crippen LogP contribution in [-0.2, 0) is 11.8 Å². The van der Waals surface area contributed by atoms with Crippen molar-refractivity contribution in [2.24, 2.45) is 7.05 Å². The lowest BCUT2D eigenvalue weighted by Crippen LogP contribution is -2.47. The number of hydrogen-bond acceptors (Lipinski definition) is 7. The van der Waals surface area contributed by atoms with Gasteiger partial charge in [0.1, 0.15) is 11.7 Å². The monoisotopic (exact) mass is 457 g/mol. The molecule has 0 spiro atoms. The van der Waals surface area contributed by atoms with Crippen LogP contribution in [0.25, 0.3) is 11.1 Å². The van der Waals surface area contributed by atoms with Gasteiger partial charge in [-0.15, -0.1) is 0 Å². The Kier molecular flexibility index (Phi) is 6.91. The van der Waals surface area contributed by atoms with Crippen LogP contribution >= 0.6 is 0 Å². The fraction of sp³-hybridized carbons (Fsp3) is 0.478. The standard InChI is InChI=1S/C23H28FN5O4/c1-23(2,3)33-22(31)26-15-8-10-29(11-9-15)21-27-17(13-25)19(20(30)28(21)4)14-6-7-18(32-5)16(24)12-14/h6-7,12,15H,8-11H2,1-5H3,(H,26,31). The van der Waals surface area contributed by atoms with Crippen molar-refractivity contribution in [3.8, 4) is 22.9 Å². The number of nitrogens with zero attached hydrogens (tertiary/aromatic N) is 4. The van der Waals surface area contributed by atoms with Crippen LogP contribution in [0.15, 0.2) is 23.0 Å². The minimum Gasteiger partial charge on any atom is -0.494 e. The van der Waals surface area contributed by atoms with E-state index < -0.39 is 23.1 Å². The average Bonchev–Trinajstić information content (AvgIpc) is 2.74. The molecule has 1 aromatic heterocycles. The van der Waals surface area contributed by atoms with Gasteiger partial charge < -0.3 is 19.7 Å². The number of piperidine rings is 1. The number of benzene rings is 1. The van der Waals surface area contributed by atoms with E-state index in [4.69, 9.17) is 9.47 Å². The van der Waals surface area contributed by atoms with Crippen molar-refractivity contribution in [3.05, 3.63) is 40.1 Å². The van der Waals surface area contributed by atoms with E-state index in [9.17, 15) is 19.2 Å². The largest absolute Gasteiger partial charge is 0.494 e. The lowest BCUT2D eigenvalue weighted by Gasteiger charge is -2.34. The third-order valence-electron chi connectivity index (χ3n) is 5.31. The summed E-state index contributed by atoms with van der Waals surface area (Å²) < 4.78 is 25.8. The number of nitrogens with one attached hydrogen (secondary N) is 1. The third-order valence-corrected chi connectivity index (χ3v) is 5.31. The van der Waals surface area contributed by atoms with Crippen molar-refractivity contribution in [3.63, 3.8) is 0 Å². The van der Waals surface area contributed by atoms with Crippen LogP contribution in [0.3, 0.4) is 0 Å². The molecule has 1 aliphatic heterocycles. The van der Waals surface area contributed by atoms with Gasteiger partial charge in [-0.05, 0) is 51.3 Å². The van der Waals surface area contributed by atoms with Crippen LogP contribution in [0.5, 0.6) is 5.75 Å². The Balaban J connectivity index is 1.82. The van der Waals surface area contributed by atoms with E-state index >= 15 is 0 Å². The number of aromatic nitrogens is 2. The molecular weight excluding hydrogens is 429 g/mol. The summed E-state index contributed by atoms with van der Waals surface area (Å²) in [5.74, 6) is -0.240. The predicted molar refractivity (Wildman–Crippen MR) is 121 cm³/mol. The Morgan fingerprint density at radius 3 is 2.52 bits per heavy atom. The first-order chi connectivity index (χ1) is 15.5. The fourth-order valence-corrected chi connectivity index (χ4v) is 3.73. The van der Waals surface area contributed by atoms with E-state index in [1.54, 1.807) is 27.8 Å². The van der Waals surface area contributed by atoms with E-state index in [1.165, 1.54) is 23.8 Å². The second-order valence-electron chi connectivity index (χ2n) is 8.87. The molecule has 33 heavy (non-hydrogen) atoms. The molecule has 3 rings (SSSR count). The summed E-state index contributed by atoms with van der Waals surface area (Å²) in [5.41, 5.74) is -0.812. The van der Waals surface area contributed by atoms with Crippen molar-refractivity contribution in [2.75, 3.05) is 25.1 Å². The summed E-state index contributed by atoms with van der Waals surface area (Å²) in [6.45, 7) is 6.47. The molecule has 1 amide bonds. The molecule has 1 saturated heterocycles. The van der Waals surface area contributed by atoms with Gasteiger partial charge in [0, 0.05) is 26.2 Å². The third kappa shape index (κ3) is 5.42. The van der Waals surface area contributed by atoms with Gasteiger partial charge in [-0.1, -0.05) is 6.07 Å². The Labute approximate surface area is 191 Å². The van der Waals surface area contributed by atoms with Gasteiger partial charge in [-0.3, -0.25) is 9.36 Å². The summed E-state index contributed by atoms with van der Waals surface area (Å²) in [7, 11) is 2.92. The van der Waals surface area contributed by atoms with Gasteiger partial charge in [0.05, 0.1) is 12.7 Å². The molecule has 0 saturated carbocycles. The maximum atomic E-state index is 14.2. The normalized spacial score (nSPS) is 14.5. The molecule has 176 valence electrons. The number of carbonyl (C=O) groups excluding carboxylic acids is 1. The van der Waals surface area contributed by atoms with Gasteiger partial charge in [0.2, 0.25) is 5.95 Å². The topological polar surface area (TPSA) is 109 Å². The van der Waals surface area contributed by atoms with Gasteiger partial charge in [0.25, 0.3) is 5.56 Å². The highest BCUT2D eigenvalue weighted by Crippen LogP contribution is 2.27. The average molecular weight is 458 g/mol. The molecule has 1 aliphatic rings. The predicted octanol–water partition coefficient (Wildman–Crippen LogP) is 2.96. The highest BCUT2D eigenvalue weighted by molar-refractivity contribution is 5.70. The van der Waals surface area contributed by atoms with E-state index in [2.05, 4.69) is 10.3 Å². The zero-order valence-corrected chi connectivity index (χ0v) is 19.4. The van der Waals surface area contributed by atoms with Gasteiger partial charge in [-0.2, -0.15) is 5.26 Å². The van der Waals surface area contributed by atoms with E-state index in [-0.39, 0.29) is 28.6 Å². The molecule has 10 heteroatoms. The summed E-state index contributed by atoms with van der Waals surface area (Å²) in [6.07, 6.45) is 0.791. The molecule has 1 fully saturated rings. The number of methoxy groups -OCH3 is 1. The van der Waals surface area contributed by atoms with Crippen LogP contribution in [0.4, 0.5) is 15.1 Å². The quantitative estimate of drug-likeness (QED) is 0.752. The van der Waals surface area contributed by atoms with Crippen LogP contribution in [0, 0.1) is 17.1 Å². The smallest absolute Gasteiger partial charge is 0.407 e. The van der Waals surface area contributed by atoms with Crippen molar-refractivity contribution >= 4 is 12.0 Å². The van der Waals surface area contributed by atoms with Crippen LogP contribution in [0.2, 0.25) is 0 Å². The number of alkyl carbamates (subject to hydrolysis) is 1. The summed E-state index contributed by atoms with van der Waals surface area (Å²) >= 11 is 0. The van der Waals surface area contributed by atoms with Crippen molar-refractivity contribution < 1.29 is 18.7 Å². The lowest BCUT2D eigenvalue weighted by atomic mass is 10.0. The molecule has 9 nitrogen and oxygen atoms in total. The molecule has 1 aromatic carbocycles. The fourth-order valence-electron chi connectivity index (χ4n) is 3.73. The summed E-state index contributed by atoms with van der Waals surface area (Å²) in [5, 5.41) is 12.5. The number of hydrogen-bond donors (Lipinski definition) is 1. The maximum Gasteiger partial charge on any atom is 0.407 e. The van der Waals surface area contributed by atoms with Crippen LogP contribution < -0.4 is 20.5 Å². The van der Waals surface area contributed by atoms with Gasteiger partial charge in [0.15, 0.2) is 17.3 Å². The van der Waals surface area contributed by atoms with Gasteiger partial charge in [-0.25, -0.2) is 14.2 Å². The van der Waals surface area contributed by atoms with Crippen molar-refractivity contribution in [1.29, 1.82) is 5.26 Å². The van der Waals surface area contributed by atoms with Crippen molar-refractivity contribution in [2.45, 2.75) is 45.3 Å². The summed E-state index contributed by atoms with van der Waals surface area (Å²) in [4.78, 5) is 31.5. The molecule has 2 aromatic rings. The minimum absolute atomic E-state index is 0.0341. The molecular formula is C23H28FN5O4. The first kappa shape index (κ1) is 24.0. The lowest BCUT2D eigenvalue weighted by molar-refractivity contribution is 0.0497. The summed E-state index contributed by atoms with van der Waals surface area (Å²) in [6, 6.07) is 5.99. The zero-order chi connectivity index (χ0) is 24.3. The number of amides is 1. The number of halogens is 1. The van der Waals surface area contributed by atoms with Crippen molar-refractivity contribution in [1.82, 2.24) is 14.9 Å². The molecule has 0 unspecified atom stereocenters. The zero-order valence-electron chi connectivity index (χ0n) is 19.4. The van der Waals surface area contributed by atoms with Crippen LogP contribution in [-0.4, -0.2) is 47.5 Å². The number of rotatable bonds is 4. The molecule has 0 aliphatic carbocycles. The second kappa shape index (κ2) is 9.48. The van der Waals surface area contributed by atoms with Gasteiger partial charge >= 0.3 is 6.09 Å². The molecule has 0 atom stereocenters. The molecule has 0 radical (unpaired) electrons. The number of ether oxygens (including phenoxy) is 2. The molecule has 2 heterocycles. The first-order valence-corrected chi connectivity index (χ1v) is 10.6. The second-order valence-corrected chi connectivity index (χ2v) is 8.87.